The predicted molar refractivity (Wildman–Crippen MR) is 263 cm³/mol. The van der Waals surface area contributed by atoms with Gasteiger partial charge in [-0.15, -0.1) is 0 Å². The molecular formula is C54H69N4O13+. The highest BCUT2D eigenvalue weighted by Crippen LogP contribution is 2.26. The number of esters is 2. The lowest BCUT2D eigenvalue weighted by molar-refractivity contribution is -0.583. The number of alkyl carbamates (subject to hydrolysis) is 3. The quantitative estimate of drug-likeness (QED) is 0.0192. The van der Waals surface area contributed by atoms with Crippen molar-refractivity contribution in [2.45, 2.75) is 156 Å². The molecule has 0 spiro atoms. The molecular weight excluding hydrogens is 913 g/mol. The van der Waals surface area contributed by atoms with Crippen LogP contribution in [-0.4, -0.2) is 76.4 Å². The van der Waals surface area contributed by atoms with E-state index in [1.54, 1.807) is 90.1 Å². The second-order valence-corrected chi connectivity index (χ2v) is 19.7. The number of benzene rings is 3. The molecule has 3 amide bonds. The fourth-order valence-corrected chi connectivity index (χ4v) is 6.94. The number of aryl methyl sites for hydroxylation is 1. The lowest BCUT2D eigenvalue weighted by Crippen LogP contribution is -2.46. The van der Waals surface area contributed by atoms with E-state index in [1.807, 2.05) is 69.2 Å². The average Bonchev–Trinajstić information content (AvgIpc) is 3.29. The number of nitrogens with one attached hydrogen (secondary N) is 3. The smallest absolute Gasteiger partial charge is 0.409 e. The van der Waals surface area contributed by atoms with Crippen molar-refractivity contribution >= 4 is 41.9 Å². The maximum atomic E-state index is 13.8. The largest absolute Gasteiger partial charge is 0.502 e. The minimum absolute atomic E-state index is 0.0469. The van der Waals surface area contributed by atoms with Crippen molar-refractivity contribution in [1.29, 1.82) is 0 Å². The number of hydrogen-bond donors (Lipinski definition) is 4. The highest BCUT2D eigenvalue weighted by Gasteiger charge is 2.33. The summed E-state index contributed by atoms with van der Waals surface area (Å²) >= 11 is 0. The fraction of sp³-hybridized carbons (Fsp3) is 0.444. The summed E-state index contributed by atoms with van der Waals surface area (Å²) in [5.74, 6) is -0.0176. The van der Waals surface area contributed by atoms with E-state index in [2.05, 4.69) is 16.0 Å². The van der Waals surface area contributed by atoms with Crippen molar-refractivity contribution in [2.75, 3.05) is 0 Å². The highest BCUT2D eigenvalue weighted by atomic mass is 16.6. The third kappa shape index (κ3) is 21.5. The molecule has 4 rings (SSSR count). The van der Waals surface area contributed by atoms with Gasteiger partial charge >= 0.3 is 30.2 Å². The Morgan fingerprint density at radius 2 is 1.03 bits per heavy atom. The van der Waals surface area contributed by atoms with Gasteiger partial charge in [0.05, 0.1) is 5.60 Å². The van der Waals surface area contributed by atoms with Crippen molar-refractivity contribution in [2.24, 2.45) is 0 Å². The molecule has 0 bridgehead atoms. The van der Waals surface area contributed by atoms with Gasteiger partial charge in [0.15, 0.2) is 17.9 Å². The van der Waals surface area contributed by atoms with E-state index in [0.29, 0.717) is 17.5 Å². The van der Waals surface area contributed by atoms with Crippen LogP contribution in [-0.2, 0) is 75.5 Å². The van der Waals surface area contributed by atoms with Crippen LogP contribution in [0.3, 0.4) is 0 Å². The Labute approximate surface area is 416 Å². The maximum absolute atomic E-state index is 13.8. The van der Waals surface area contributed by atoms with E-state index in [-0.39, 0.29) is 68.9 Å². The summed E-state index contributed by atoms with van der Waals surface area (Å²) in [6, 6.07) is 24.4. The Morgan fingerprint density at radius 1 is 0.592 bits per heavy atom. The fourth-order valence-electron chi connectivity index (χ4n) is 6.94. The van der Waals surface area contributed by atoms with Crippen molar-refractivity contribution in [3.8, 4) is 5.75 Å². The van der Waals surface area contributed by atoms with Crippen LogP contribution in [0.5, 0.6) is 5.75 Å². The number of hydrogen-bond acceptors (Lipinski definition) is 13. The molecule has 0 aliphatic rings. The molecule has 17 heteroatoms. The van der Waals surface area contributed by atoms with E-state index < -0.39 is 65.3 Å². The predicted octanol–water partition coefficient (Wildman–Crippen LogP) is 8.34. The summed E-state index contributed by atoms with van der Waals surface area (Å²) in [4.78, 5) is 79.6. The Morgan fingerprint density at radius 3 is 1.46 bits per heavy atom. The third-order valence-corrected chi connectivity index (χ3v) is 10.1. The zero-order chi connectivity index (χ0) is 52.2. The van der Waals surface area contributed by atoms with Crippen molar-refractivity contribution in [3.63, 3.8) is 0 Å². The summed E-state index contributed by atoms with van der Waals surface area (Å²) < 4.78 is 35.2. The normalized spacial score (nSPS) is 12.7. The molecule has 71 heavy (non-hydrogen) atoms. The van der Waals surface area contributed by atoms with E-state index in [4.69, 9.17) is 28.4 Å². The van der Waals surface area contributed by atoms with E-state index in [0.717, 1.165) is 11.1 Å². The SMILES string of the molecule is CC(C)(C)OC(=O)C(CCc1c[n+](C(=C=O)CCCC(NC(=O)OCc2ccccc2)OC(C)(C)C)cc(O)c1CC(NC(=O)OCc1ccccc1)C(=O)OC(C)(C)C)NC(=O)OCc1ccccc1. The third-order valence-electron chi connectivity index (χ3n) is 10.1. The van der Waals surface area contributed by atoms with Crippen LogP contribution in [0.1, 0.15) is 116 Å². The van der Waals surface area contributed by atoms with E-state index in [9.17, 15) is 33.9 Å². The molecule has 4 N–H and O–H groups in total. The molecule has 0 saturated carbocycles. The van der Waals surface area contributed by atoms with Crippen LogP contribution in [0.15, 0.2) is 103 Å². The lowest BCUT2D eigenvalue weighted by atomic mass is 9.96. The summed E-state index contributed by atoms with van der Waals surface area (Å²) in [5.41, 5.74) is 0.186. The number of aromatic nitrogens is 1. The minimum Gasteiger partial charge on any atom is -0.502 e. The summed E-state index contributed by atoms with van der Waals surface area (Å²) in [6.07, 6.45) is -0.408. The Hall–Kier alpha value is -7.23. The topological polar surface area (TPSA) is 218 Å². The van der Waals surface area contributed by atoms with Gasteiger partial charge in [-0.2, -0.15) is 4.57 Å². The average molecular weight is 982 g/mol. The summed E-state index contributed by atoms with van der Waals surface area (Å²) in [5, 5.41) is 19.8. The molecule has 17 nitrogen and oxygen atoms in total. The molecule has 0 saturated heterocycles. The maximum Gasteiger partial charge on any atom is 0.409 e. The number of aromatic hydroxyl groups is 1. The van der Waals surface area contributed by atoms with Crippen molar-refractivity contribution in [1.82, 2.24) is 16.0 Å². The van der Waals surface area contributed by atoms with Gasteiger partial charge in [-0.05, 0) is 105 Å². The van der Waals surface area contributed by atoms with E-state index in [1.165, 1.54) is 17.0 Å². The first-order chi connectivity index (χ1) is 33.5. The molecule has 3 atom stereocenters. The van der Waals surface area contributed by atoms with Crippen molar-refractivity contribution < 1.29 is 66.9 Å². The number of nitrogens with zero attached hydrogens (tertiary/aromatic N) is 1. The Balaban J connectivity index is 1.66. The first-order valence-corrected chi connectivity index (χ1v) is 23.5. The first kappa shape index (κ1) is 56.4. The number of carbonyl (C=O) groups is 5. The minimum atomic E-state index is -1.40. The van der Waals surface area contributed by atoms with Crippen LogP contribution in [0.25, 0.3) is 5.70 Å². The number of allylic oxidation sites excluding steroid dienone is 1. The number of amides is 3. The van der Waals surface area contributed by atoms with Gasteiger partial charge in [-0.1, -0.05) is 91.0 Å². The van der Waals surface area contributed by atoms with Crippen molar-refractivity contribution in [3.05, 3.63) is 131 Å². The molecule has 1 heterocycles. The second-order valence-electron chi connectivity index (χ2n) is 19.7. The zero-order valence-electron chi connectivity index (χ0n) is 42.2. The van der Waals surface area contributed by atoms with Gasteiger partial charge in [-0.3, -0.25) is 5.32 Å². The van der Waals surface area contributed by atoms with Gasteiger partial charge in [0, 0.05) is 24.0 Å². The number of rotatable bonds is 22. The molecule has 0 radical (unpaired) electrons. The second kappa shape index (κ2) is 26.7. The van der Waals surface area contributed by atoms with E-state index >= 15 is 0 Å². The highest BCUT2D eigenvalue weighted by molar-refractivity contribution is 5.83. The zero-order valence-corrected chi connectivity index (χ0v) is 42.2. The standard InChI is InChI=1S/C54H68N4O13/c1-52(2,3)69-46(57-51(65)68-36-39-24-17-12-18-25-39)27-19-26-41(33-59)58-31-40(28-29-43(47(61)70-53(4,5)6)55-49(63)66-34-37-20-13-10-14-21-37)42(45(60)32-58)30-44(48(62)71-54(7,8)9)56-50(64)67-35-38-22-15-11-16-23-38/h10-18,20-25,31-32,43-44,46H,19,26-30,34-36H2,1-9H3,(H3-,55,56,57,60,63,64,65)/p+1. The van der Waals surface area contributed by atoms with Gasteiger partial charge in [-0.25, -0.2) is 28.8 Å². The summed E-state index contributed by atoms with van der Waals surface area (Å²) in [6.45, 7) is 15.4. The molecule has 0 aliphatic heterocycles. The number of pyridine rings is 1. The number of ether oxygens (including phenoxy) is 6. The monoisotopic (exact) mass is 981 g/mol. The molecule has 3 unspecified atom stereocenters. The summed E-state index contributed by atoms with van der Waals surface area (Å²) in [7, 11) is 0. The lowest BCUT2D eigenvalue weighted by Gasteiger charge is -2.28. The van der Waals surface area contributed by atoms with Gasteiger partial charge < -0.3 is 44.2 Å². The molecule has 382 valence electrons. The molecule has 3 aromatic carbocycles. The number of carbonyl (C=O) groups excluding carboxylic acids is 6. The molecule has 1 aromatic heterocycles. The van der Waals surface area contributed by atoms with Gasteiger partial charge in [0.2, 0.25) is 6.20 Å². The molecule has 0 aliphatic carbocycles. The Kier molecular flexibility index (Phi) is 21.2. The van der Waals surface area contributed by atoms with Crippen LogP contribution in [0.2, 0.25) is 0 Å². The molecule has 0 fully saturated rings. The van der Waals surface area contributed by atoms with Gasteiger partial charge in [0.1, 0.15) is 49.3 Å². The van der Waals surface area contributed by atoms with Gasteiger partial charge in [0.25, 0.3) is 5.70 Å². The van der Waals surface area contributed by atoms with Crippen LogP contribution < -0.4 is 20.5 Å². The Bertz CT molecular complexity index is 2420. The van der Waals surface area contributed by atoms with Crippen LogP contribution in [0, 0.1) is 0 Å². The first-order valence-electron chi connectivity index (χ1n) is 23.5. The molecule has 4 aromatic rings. The van der Waals surface area contributed by atoms with Crippen LogP contribution >= 0.6 is 0 Å². The van der Waals surface area contributed by atoms with Crippen LogP contribution in [0.4, 0.5) is 14.4 Å².